The summed E-state index contributed by atoms with van der Waals surface area (Å²) in [6, 6.07) is 0. The van der Waals surface area contributed by atoms with Crippen LogP contribution in [0, 0.1) is 23.2 Å². The van der Waals surface area contributed by atoms with Crippen LogP contribution in [0.3, 0.4) is 0 Å². The van der Waals surface area contributed by atoms with Gasteiger partial charge in [-0.05, 0) is 61.7 Å². The van der Waals surface area contributed by atoms with Gasteiger partial charge in [0.1, 0.15) is 5.67 Å². The van der Waals surface area contributed by atoms with Crippen LogP contribution in [0.4, 0.5) is 4.39 Å². The summed E-state index contributed by atoms with van der Waals surface area (Å²) in [6.07, 6.45) is 5.96. The van der Waals surface area contributed by atoms with Crippen molar-refractivity contribution in [3.63, 3.8) is 0 Å². The molecular formula is C13H21FO. The smallest absolute Gasteiger partial charge is 0.112 e. The molecule has 86 valence electrons. The molecule has 0 heterocycles. The van der Waals surface area contributed by atoms with Crippen molar-refractivity contribution in [3.05, 3.63) is 0 Å². The molecule has 0 aromatic carbocycles. The number of halogens is 1. The number of rotatable bonds is 2. The molecule has 1 N–H and O–H groups in total. The normalized spacial score (nSPS) is 54.6. The van der Waals surface area contributed by atoms with Gasteiger partial charge < -0.3 is 5.11 Å². The summed E-state index contributed by atoms with van der Waals surface area (Å²) in [7, 11) is 0. The first kappa shape index (κ1) is 10.1. The first-order valence-corrected chi connectivity index (χ1v) is 6.35. The van der Waals surface area contributed by atoms with Gasteiger partial charge in [-0.3, -0.25) is 0 Å². The monoisotopic (exact) mass is 212 g/mol. The highest BCUT2D eigenvalue weighted by Gasteiger charge is 2.59. The number of aliphatic hydroxyl groups is 1. The van der Waals surface area contributed by atoms with E-state index in [1.165, 1.54) is 19.3 Å². The zero-order valence-electron chi connectivity index (χ0n) is 9.51. The SMILES string of the molecule is C[C@H](CO)C12CC3CC(CC(F)(C3)C1)C2. The zero-order valence-corrected chi connectivity index (χ0v) is 9.51. The molecular weight excluding hydrogens is 191 g/mol. The maximum atomic E-state index is 14.5. The Hall–Kier alpha value is -0.110. The molecule has 15 heavy (non-hydrogen) atoms. The summed E-state index contributed by atoms with van der Waals surface area (Å²) in [5.74, 6) is 1.52. The van der Waals surface area contributed by atoms with Gasteiger partial charge in [0.2, 0.25) is 0 Å². The van der Waals surface area contributed by atoms with Crippen LogP contribution in [-0.2, 0) is 0 Å². The minimum atomic E-state index is -0.868. The van der Waals surface area contributed by atoms with Gasteiger partial charge in [-0.2, -0.15) is 0 Å². The Morgan fingerprint density at radius 2 is 1.87 bits per heavy atom. The number of aliphatic hydroxyl groups excluding tert-OH is 1. The van der Waals surface area contributed by atoms with Crippen molar-refractivity contribution in [2.45, 2.75) is 51.1 Å². The van der Waals surface area contributed by atoms with E-state index in [4.69, 9.17) is 0 Å². The van der Waals surface area contributed by atoms with E-state index in [9.17, 15) is 9.50 Å². The molecule has 4 saturated carbocycles. The van der Waals surface area contributed by atoms with Gasteiger partial charge in [-0.15, -0.1) is 0 Å². The zero-order chi connectivity index (χ0) is 10.7. The molecule has 0 radical (unpaired) electrons. The third kappa shape index (κ3) is 1.37. The molecule has 0 aromatic rings. The van der Waals surface area contributed by atoms with E-state index in [0.717, 1.165) is 19.3 Å². The van der Waals surface area contributed by atoms with E-state index in [-0.39, 0.29) is 12.0 Å². The maximum Gasteiger partial charge on any atom is 0.112 e. The number of alkyl halides is 1. The summed E-state index contributed by atoms with van der Waals surface area (Å²) in [6.45, 7) is 2.34. The predicted molar refractivity (Wildman–Crippen MR) is 57.2 cm³/mol. The minimum absolute atomic E-state index is 0.146. The van der Waals surface area contributed by atoms with Crippen LogP contribution in [0.15, 0.2) is 0 Å². The maximum absolute atomic E-state index is 14.5. The highest BCUT2D eigenvalue weighted by molar-refractivity contribution is 5.09. The molecule has 4 aliphatic rings. The molecule has 0 amide bonds. The van der Waals surface area contributed by atoms with Crippen molar-refractivity contribution in [3.8, 4) is 0 Å². The second-order valence-corrected chi connectivity index (χ2v) is 6.56. The van der Waals surface area contributed by atoms with E-state index < -0.39 is 5.67 Å². The average molecular weight is 212 g/mol. The number of hydrogen-bond acceptors (Lipinski definition) is 1. The van der Waals surface area contributed by atoms with Gasteiger partial charge in [-0.25, -0.2) is 4.39 Å². The fraction of sp³-hybridized carbons (Fsp3) is 1.00. The molecule has 4 rings (SSSR count). The molecule has 2 unspecified atom stereocenters. The molecule has 4 aliphatic carbocycles. The molecule has 2 heteroatoms. The quantitative estimate of drug-likeness (QED) is 0.746. The molecule has 0 aliphatic heterocycles. The van der Waals surface area contributed by atoms with E-state index in [1.807, 2.05) is 0 Å². The van der Waals surface area contributed by atoms with Crippen LogP contribution < -0.4 is 0 Å². The molecule has 4 fully saturated rings. The van der Waals surface area contributed by atoms with Crippen molar-refractivity contribution in [1.82, 2.24) is 0 Å². The molecule has 3 atom stereocenters. The summed E-state index contributed by atoms with van der Waals surface area (Å²) in [5, 5.41) is 9.36. The Labute approximate surface area is 91.1 Å². The van der Waals surface area contributed by atoms with Crippen molar-refractivity contribution >= 4 is 0 Å². The standard InChI is InChI=1S/C13H21FO/c1-9(7-15)12-3-10-2-11(4-12)6-13(14,5-10)8-12/h9-11,15H,2-8H2,1H3/t9-,10?,11?,12?,13?/m1/s1. The van der Waals surface area contributed by atoms with Crippen LogP contribution in [0.1, 0.15) is 45.4 Å². The Bertz CT molecular complexity index is 262. The summed E-state index contributed by atoms with van der Waals surface area (Å²) in [5.41, 5.74) is -0.721. The third-order valence-corrected chi connectivity index (χ3v) is 5.35. The fourth-order valence-electron chi connectivity index (χ4n) is 4.99. The van der Waals surface area contributed by atoms with E-state index >= 15 is 0 Å². The molecule has 0 aromatic heterocycles. The number of hydrogen-bond donors (Lipinski definition) is 1. The highest BCUT2D eigenvalue weighted by atomic mass is 19.1. The Morgan fingerprint density at radius 3 is 2.33 bits per heavy atom. The first-order chi connectivity index (χ1) is 7.05. The van der Waals surface area contributed by atoms with Gasteiger partial charge in [0.15, 0.2) is 0 Å². The molecule has 0 saturated heterocycles. The van der Waals surface area contributed by atoms with Crippen LogP contribution >= 0.6 is 0 Å². The predicted octanol–water partition coefficient (Wildman–Crippen LogP) is 2.92. The van der Waals surface area contributed by atoms with E-state index in [2.05, 4.69) is 6.92 Å². The summed E-state index contributed by atoms with van der Waals surface area (Å²) >= 11 is 0. The van der Waals surface area contributed by atoms with Crippen LogP contribution in [0.5, 0.6) is 0 Å². The summed E-state index contributed by atoms with van der Waals surface area (Å²) in [4.78, 5) is 0. The van der Waals surface area contributed by atoms with E-state index in [1.54, 1.807) is 0 Å². The molecule has 4 bridgehead atoms. The Balaban J connectivity index is 1.92. The Morgan fingerprint density at radius 1 is 1.27 bits per heavy atom. The third-order valence-electron chi connectivity index (χ3n) is 5.35. The van der Waals surface area contributed by atoms with Crippen LogP contribution in [0.2, 0.25) is 0 Å². The average Bonchev–Trinajstić information content (AvgIpc) is 2.12. The van der Waals surface area contributed by atoms with Crippen molar-refractivity contribution < 1.29 is 9.50 Å². The van der Waals surface area contributed by atoms with E-state index in [0.29, 0.717) is 17.8 Å². The molecule has 0 spiro atoms. The largest absolute Gasteiger partial charge is 0.396 e. The summed E-state index contributed by atoms with van der Waals surface area (Å²) < 4.78 is 14.5. The van der Waals surface area contributed by atoms with Crippen LogP contribution in [0.25, 0.3) is 0 Å². The second kappa shape index (κ2) is 2.97. The molecule has 1 nitrogen and oxygen atoms in total. The van der Waals surface area contributed by atoms with Crippen molar-refractivity contribution in [2.24, 2.45) is 23.2 Å². The lowest BCUT2D eigenvalue weighted by Gasteiger charge is -2.61. The minimum Gasteiger partial charge on any atom is -0.396 e. The van der Waals surface area contributed by atoms with Gasteiger partial charge in [-0.1, -0.05) is 6.92 Å². The lowest BCUT2D eigenvalue weighted by molar-refractivity contribution is -0.149. The lowest BCUT2D eigenvalue weighted by Crippen LogP contribution is -2.56. The van der Waals surface area contributed by atoms with Gasteiger partial charge >= 0.3 is 0 Å². The highest BCUT2D eigenvalue weighted by Crippen LogP contribution is 2.65. The van der Waals surface area contributed by atoms with Crippen LogP contribution in [-0.4, -0.2) is 17.4 Å². The first-order valence-electron chi connectivity index (χ1n) is 6.35. The van der Waals surface area contributed by atoms with Gasteiger partial charge in [0, 0.05) is 6.61 Å². The van der Waals surface area contributed by atoms with Crippen molar-refractivity contribution in [1.29, 1.82) is 0 Å². The second-order valence-electron chi connectivity index (χ2n) is 6.56. The van der Waals surface area contributed by atoms with Crippen molar-refractivity contribution in [2.75, 3.05) is 6.61 Å². The van der Waals surface area contributed by atoms with Gasteiger partial charge in [0.25, 0.3) is 0 Å². The topological polar surface area (TPSA) is 20.2 Å². The fourth-order valence-corrected chi connectivity index (χ4v) is 4.99. The van der Waals surface area contributed by atoms with Gasteiger partial charge in [0.05, 0.1) is 0 Å². The lowest BCUT2D eigenvalue weighted by atomic mass is 9.46. The Kier molecular flexibility index (Phi) is 1.99.